The Hall–Kier alpha value is 0.310. The predicted molar refractivity (Wildman–Crippen MR) is 76.5 cm³/mol. The summed E-state index contributed by atoms with van der Waals surface area (Å²) in [4.78, 5) is 0. The molecule has 1 nitrogen and oxygen atoms in total. The highest BCUT2D eigenvalue weighted by atomic mass is 32.2. The molecule has 1 atom stereocenters. The van der Waals surface area contributed by atoms with Crippen molar-refractivity contribution in [3.05, 3.63) is 0 Å². The number of thioether (sulfide) groups is 1. The van der Waals surface area contributed by atoms with Crippen LogP contribution < -0.4 is 0 Å². The fourth-order valence-electron chi connectivity index (χ4n) is 3.30. The Kier molecular flexibility index (Phi) is 6.21. The van der Waals surface area contributed by atoms with E-state index in [1.165, 1.54) is 70.6 Å². The molecule has 0 spiro atoms. The Labute approximate surface area is 111 Å². The second-order valence-corrected chi connectivity index (χ2v) is 7.25. The normalized spacial score (nSPS) is 26.6. The molecule has 1 N–H and O–H groups in total. The minimum Gasteiger partial charge on any atom is -0.392 e. The lowest BCUT2D eigenvalue weighted by molar-refractivity contribution is 0.120. The quantitative estimate of drug-likeness (QED) is 0.753. The van der Waals surface area contributed by atoms with Crippen molar-refractivity contribution in [1.82, 2.24) is 0 Å². The van der Waals surface area contributed by atoms with Gasteiger partial charge in [0.1, 0.15) is 0 Å². The van der Waals surface area contributed by atoms with Gasteiger partial charge in [-0.05, 0) is 31.6 Å². The lowest BCUT2D eigenvalue weighted by Crippen LogP contribution is -2.24. The Morgan fingerprint density at radius 3 is 2.00 bits per heavy atom. The van der Waals surface area contributed by atoms with E-state index < -0.39 is 0 Å². The molecule has 0 bridgehead atoms. The van der Waals surface area contributed by atoms with Gasteiger partial charge in [0.2, 0.25) is 0 Å². The van der Waals surface area contributed by atoms with Gasteiger partial charge < -0.3 is 5.11 Å². The van der Waals surface area contributed by atoms with Gasteiger partial charge in [0.25, 0.3) is 0 Å². The number of aliphatic hydroxyl groups is 1. The largest absolute Gasteiger partial charge is 0.392 e. The molecule has 0 amide bonds. The van der Waals surface area contributed by atoms with E-state index in [9.17, 15) is 5.11 Å². The van der Waals surface area contributed by atoms with Crippen molar-refractivity contribution in [2.45, 2.75) is 82.0 Å². The van der Waals surface area contributed by atoms with Crippen LogP contribution in [-0.4, -0.2) is 22.2 Å². The zero-order valence-electron chi connectivity index (χ0n) is 11.1. The van der Waals surface area contributed by atoms with E-state index >= 15 is 0 Å². The third kappa shape index (κ3) is 4.82. The van der Waals surface area contributed by atoms with E-state index in [0.29, 0.717) is 5.92 Å². The maximum atomic E-state index is 10.3. The van der Waals surface area contributed by atoms with Crippen LogP contribution in [0.15, 0.2) is 0 Å². The molecule has 17 heavy (non-hydrogen) atoms. The van der Waals surface area contributed by atoms with Crippen molar-refractivity contribution < 1.29 is 5.11 Å². The van der Waals surface area contributed by atoms with Crippen LogP contribution in [0.25, 0.3) is 0 Å². The fourth-order valence-corrected chi connectivity index (χ4v) is 4.71. The average Bonchev–Trinajstić information content (AvgIpc) is 2.66. The molecule has 2 saturated carbocycles. The summed E-state index contributed by atoms with van der Waals surface area (Å²) in [6.07, 6.45) is 15.0. The van der Waals surface area contributed by atoms with Crippen LogP contribution in [0.4, 0.5) is 0 Å². The highest BCUT2D eigenvalue weighted by molar-refractivity contribution is 7.99. The summed E-state index contributed by atoms with van der Waals surface area (Å²) in [6, 6.07) is 0. The number of hydrogen-bond donors (Lipinski definition) is 1. The minimum absolute atomic E-state index is 0.0278. The summed E-state index contributed by atoms with van der Waals surface area (Å²) < 4.78 is 0. The van der Waals surface area contributed by atoms with Gasteiger partial charge in [-0.3, -0.25) is 0 Å². The molecule has 0 aromatic carbocycles. The first-order valence-corrected chi connectivity index (χ1v) is 8.71. The van der Waals surface area contributed by atoms with Crippen molar-refractivity contribution >= 4 is 11.8 Å². The van der Waals surface area contributed by atoms with E-state index in [1.54, 1.807) is 0 Å². The molecule has 0 aromatic heterocycles. The summed E-state index contributed by atoms with van der Waals surface area (Å²) in [5, 5.41) is 11.2. The molecule has 0 heterocycles. The molecule has 2 heteroatoms. The van der Waals surface area contributed by atoms with Gasteiger partial charge in [-0.1, -0.05) is 44.9 Å². The zero-order chi connectivity index (χ0) is 11.9. The van der Waals surface area contributed by atoms with Gasteiger partial charge in [-0.25, -0.2) is 0 Å². The van der Waals surface area contributed by atoms with Crippen molar-refractivity contribution in [2.24, 2.45) is 5.92 Å². The van der Waals surface area contributed by atoms with Crippen molar-refractivity contribution in [2.75, 3.05) is 5.75 Å². The third-order valence-electron chi connectivity index (χ3n) is 4.50. The van der Waals surface area contributed by atoms with Crippen molar-refractivity contribution in [1.29, 1.82) is 0 Å². The van der Waals surface area contributed by atoms with Crippen LogP contribution in [-0.2, 0) is 0 Å². The standard InChI is InChI=1S/C15H28OS/c16-15(13-8-4-1-2-5-9-13)12-17-14-10-6-3-7-11-14/h13-16H,1-12H2. The van der Waals surface area contributed by atoms with E-state index in [4.69, 9.17) is 0 Å². The summed E-state index contributed by atoms with van der Waals surface area (Å²) in [7, 11) is 0. The Balaban J connectivity index is 1.66. The molecule has 2 aliphatic carbocycles. The van der Waals surface area contributed by atoms with Crippen LogP contribution in [0.1, 0.15) is 70.6 Å². The van der Waals surface area contributed by atoms with Crippen molar-refractivity contribution in [3.8, 4) is 0 Å². The second kappa shape index (κ2) is 7.68. The van der Waals surface area contributed by atoms with Gasteiger partial charge in [0.05, 0.1) is 6.10 Å². The smallest absolute Gasteiger partial charge is 0.0658 e. The molecule has 1 unspecified atom stereocenters. The van der Waals surface area contributed by atoms with E-state index in [2.05, 4.69) is 11.8 Å². The van der Waals surface area contributed by atoms with E-state index in [1.807, 2.05) is 0 Å². The van der Waals surface area contributed by atoms with Gasteiger partial charge in [-0.2, -0.15) is 11.8 Å². The summed E-state index contributed by atoms with van der Waals surface area (Å²) in [5.41, 5.74) is 0. The number of hydrogen-bond acceptors (Lipinski definition) is 2. The van der Waals surface area contributed by atoms with Crippen LogP contribution in [0, 0.1) is 5.92 Å². The molecule has 2 fully saturated rings. The molecule has 100 valence electrons. The van der Waals surface area contributed by atoms with Crippen molar-refractivity contribution in [3.63, 3.8) is 0 Å². The predicted octanol–water partition coefficient (Wildman–Crippen LogP) is 4.38. The summed E-state index contributed by atoms with van der Waals surface area (Å²) >= 11 is 2.06. The topological polar surface area (TPSA) is 20.2 Å². The minimum atomic E-state index is -0.0278. The molecule has 2 rings (SSSR count). The second-order valence-electron chi connectivity index (χ2n) is 5.91. The van der Waals surface area contributed by atoms with Crippen LogP contribution in [0.5, 0.6) is 0 Å². The Morgan fingerprint density at radius 1 is 0.824 bits per heavy atom. The highest BCUT2D eigenvalue weighted by Gasteiger charge is 2.22. The SMILES string of the molecule is OC(CSC1CCCCC1)C1CCCCCC1. The molecular formula is C15H28OS. The number of aliphatic hydroxyl groups excluding tert-OH is 1. The van der Waals surface area contributed by atoms with Gasteiger partial charge in [-0.15, -0.1) is 0 Å². The molecule has 2 aliphatic rings. The maximum absolute atomic E-state index is 10.3. The zero-order valence-corrected chi connectivity index (χ0v) is 11.9. The summed E-state index contributed by atoms with van der Waals surface area (Å²) in [6.45, 7) is 0. The summed E-state index contributed by atoms with van der Waals surface area (Å²) in [5.74, 6) is 1.60. The fraction of sp³-hybridized carbons (Fsp3) is 1.00. The lowest BCUT2D eigenvalue weighted by Gasteiger charge is -2.25. The van der Waals surface area contributed by atoms with Gasteiger partial charge in [0.15, 0.2) is 0 Å². The first-order chi connectivity index (χ1) is 8.36. The first-order valence-electron chi connectivity index (χ1n) is 7.66. The average molecular weight is 256 g/mol. The number of rotatable bonds is 4. The van der Waals surface area contributed by atoms with Gasteiger partial charge >= 0.3 is 0 Å². The first kappa shape index (κ1) is 13.7. The molecule has 0 saturated heterocycles. The Bertz CT molecular complexity index is 193. The molecule has 0 aromatic rings. The lowest BCUT2D eigenvalue weighted by atomic mass is 9.95. The van der Waals surface area contributed by atoms with E-state index in [-0.39, 0.29) is 6.10 Å². The van der Waals surface area contributed by atoms with Crippen LogP contribution in [0.3, 0.4) is 0 Å². The van der Waals surface area contributed by atoms with E-state index in [0.717, 1.165) is 11.0 Å². The maximum Gasteiger partial charge on any atom is 0.0658 e. The third-order valence-corrected chi connectivity index (χ3v) is 5.98. The monoisotopic (exact) mass is 256 g/mol. The molecule has 0 aliphatic heterocycles. The van der Waals surface area contributed by atoms with Gasteiger partial charge in [0, 0.05) is 11.0 Å². The van der Waals surface area contributed by atoms with Crippen LogP contribution in [0.2, 0.25) is 0 Å². The van der Waals surface area contributed by atoms with Crippen LogP contribution >= 0.6 is 11.8 Å². The molecule has 0 radical (unpaired) electrons. The molecular weight excluding hydrogens is 228 g/mol. The highest BCUT2D eigenvalue weighted by Crippen LogP contribution is 2.32. The Morgan fingerprint density at radius 2 is 1.35 bits per heavy atom.